The molecule has 1 amide bonds. The fourth-order valence-electron chi connectivity index (χ4n) is 1.89. The molecule has 0 saturated heterocycles. The third-order valence-electron chi connectivity index (χ3n) is 3.05. The molecule has 0 aliphatic rings. The molecule has 0 fully saturated rings. The van der Waals surface area contributed by atoms with Crippen molar-refractivity contribution < 1.29 is 4.79 Å². The van der Waals surface area contributed by atoms with Gasteiger partial charge in [0.15, 0.2) is 0 Å². The third-order valence-corrected chi connectivity index (χ3v) is 4.03. The first-order valence-corrected chi connectivity index (χ1v) is 7.55. The van der Waals surface area contributed by atoms with E-state index < -0.39 is 5.38 Å². The number of hydrogen-bond acceptors (Lipinski definition) is 1. The van der Waals surface area contributed by atoms with Gasteiger partial charge in [0, 0.05) is 4.47 Å². The van der Waals surface area contributed by atoms with Gasteiger partial charge in [-0.05, 0) is 30.2 Å². The van der Waals surface area contributed by atoms with Gasteiger partial charge in [0.25, 0.3) is 0 Å². The second kappa shape index (κ2) is 6.91. The maximum atomic E-state index is 12.1. The summed E-state index contributed by atoms with van der Waals surface area (Å²) in [6, 6.07) is 17.1. The second-order valence-corrected chi connectivity index (χ2v) is 5.91. The maximum absolute atomic E-state index is 12.1. The first-order chi connectivity index (χ1) is 9.58. The van der Waals surface area contributed by atoms with Gasteiger partial charge in [-0.2, -0.15) is 0 Å². The van der Waals surface area contributed by atoms with Crippen LogP contribution in [-0.2, 0) is 4.79 Å². The van der Waals surface area contributed by atoms with E-state index >= 15 is 0 Å². The number of carbonyl (C=O) groups excluding carboxylic acids is 1. The molecular weight excluding hydrogens is 338 g/mol. The number of carbonyl (C=O) groups is 1. The maximum Gasteiger partial charge on any atom is 0.243 e. The lowest BCUT2D eigenvalue weighted by molar-refractivity contribution is -0.121. The van der Waals surface area contributed by atoms with E-state index in [1.807, 2.05) is 61.5 Å². The van der Waals surface area contributed by atoms with Gasteiger partial charge in [-0.25, -0.2) is 0 Å². The summed E-state index contributed by atoms with van der Waals surface area (Å²) in [6.07, 6.45) is 0. The van der Waals surface area contributed by atoms with Crippen molar-refractivity contribution in [2.75, 3.05) is 0 Å². The Morgan fingerprint density at radius 1 is 1.05 bits per heavy atom. The Bertz CT molecular complexity index is 571. The Labute approximate surface area is 132 Å². The van der Waals surface area contributed by atoms with Gasteiger partial charge in [0.1, 0.15) is 5.38 Å². The standard InChI is InChI=1S/C16H15BrClNO/c1-11(12-7-9-14(17)10-8-12)19-16(20)15(18)13-5-3-2-4-6-13/h2-11,15H,1H3,(H,19,20)/t11-,15?/m0/s1. The Balaban J connectivity index is 2.02. The van der Waals surface area contributed by atoms with Crippen LogP contribution in [0.1, 0.15) is 29.5 Å². The molecule has 2 rings (SSSR count). The van der Waals surface area contributed by atoms with Crippen LogP contribution in [-0.4, -0.2) is 5.91 Å². The van der Waals surface area contributed by atoms with Crippen molar-refractivity contribution in [1.82, 2.24) is 5.32 Å². The molecule has 4 heteroatoms. The quantitative estimate of drug-likeness (QED) is 0.800. The number of nitrogens with one attached hydrogen (secondary N) is 1. The predicted octanol–water partition coefficient (Wildman–Crippen LogP) is 4.61. The number of halogens is 2. The first-order valence-electron chi connectivity index (χ1n) is 6.33. The van der Waals surface area contributed by atoms with Crippen LogP contribution in [0.2, 0.25) is 0 Å². The molecule has 2 nitrogen and oxygen atoms in total. The minimum Gasteiger partial charge on any atom is -0.348 e. The van der Waals surface area contributed by atoms with Crippen LogP contribution in [0, 0.1) is 0 Å². The number of amides is 1. The van der Waals surface area contributed by atoms with Crippen molar-refractivity contribution in [2.24, 2.45) is 0 Å². The number of rotatable bonds is 4. The zero-order valence-corrected chi connectivity index (χ0v) is 13.4. The number of alkyl halides is 1. The van der Waals surface area contributed by atoms with E-state index in [1.54, 1.807) is 0 Å². The highest BCUT2D eigenvalue weighted by Gasteiger charge is 2.19. The molecule has 2 aromatic carbocycles. The van der Waals surface area contributed by atoms with Crippen LogP contribution < -0.4 is 5.32 Å². The van der Waals surface area contributed by atoms with Crippen LogP contribution in [0.15, 0.2) is 59.1 Å². The molecule has 2 aromatic rings. The van der Waals surface area contributed by atoms with E-state index in [0.717, 1.165) is 15.6 Å². The van der Waals surface area contributed by atoms with Crippen LogP contribution >= 0.6 is 27.5 Å². The first kappa shape index (κ1) is 15.1. The summed E-state index contributed by atoms with van der Waals surface area (Å²) in [7, 11) is 0. The minimum atomic E-state index is -0.672. The van der Waals surface area contributed by atoms with E-state index in [1.165, 1.54) is 0 Å². The van der Waals surface area contributed by atoms with Crippen molar-refractivity contribution in [2.45, 2.75) is 18.3 Å². The zero-order valence-electron chi connectivity index (χ0n) is 11.0. The van der Waals surface area contributed by atoms with Gasteiger partial charge in [-0.3, -0.25) is 4.79 Å². The molecule has 1 N–H and O–H groups in total. The molecule has 104 valence electrons. The predicted molar refractivity (Wildman–Crippen MR) is 85.7 cm³/mol. The lowest BCUT2D eigenvalue weighted by Gasteiger charge is -2.17. The topological polar surface area (TPSA) is 29.1 Å². The molecule has 0 bridgehead atoms. The molecule has 2 atom stereocenters. The van der Waals surface area contributed by atoms with Crippen molar-refractivity contribution in [3.63, 3.8) is 0 Å². The number of hydrogen-bond donors (Lipinski definition) is 1. The highest BCUT2D eigenvalue weighted by molar-refractivity contribution is 9.10. The minimum absolute atomic E-state index is 0.0828. The van der Waals surface area contributed by atoms with Crippen molar-refractivity contribution >= 4 is 33.4 Å². The van der Waals surface area contributed by atoms with Gasteiger partial charge in [0.05, 0.1) is 6.04 Å². The largest absolute Gasteiger partial charge is 0.348 e. The molecule has 0 aromatic heterocycles. The summed E-state index contributed by atoms with van der Waals surface area (Å²) in [4.78, 5) is 12.1. The number of benzene rings is 2. The Hall–Kier alpha value is -1.32. The van der Waals surface area contributed by atoms with Gasteiger partial charge < -0.3 is 5.32 Å². The highest BCUT2D eigenvalue weighted by atomic mass is 79.9. The summed E-state index contributed by atoms with van der Waals surface area (Å²) in [5, 5.41) is 2.26. The molecule has 0 aliphatic heterocycles. The second-order valence-electron chi connectivity index (χ2n) is 4.56. The molecule has 0 radical (unpaired) electrons. The van der Waals surface area contributed by atoms with E-state index in [2.05, 4.69) is 21.2 Å². The van der Waals surface area contributed by atoms with Crippen molar-refractivity contribution in [1.29, 1.82) is 0 Å². The fraction of sp³-hybridized carbons (Fsp3) is 0.188. The average Bonchev–Trinajstić information content (AvgIpc) is 2.48. The summed E-state index contributed by atoms with van der Waals surface area (Å²) in [5.41, 5.74) is 1.84. The molecule has 1 unspecified atom stereocenters. The Kier molecular flexibility index (Phi) is 5.21. The lowest BCUT2D eigenvalue weighted by Crippen LogP contribution is -2.29. The molecule has 0 saturated carbocycles. The van der Waals surface area contributed by atoms with E-state index in [9.17, 15) is 4.79 Å². The highest BCUT2D eigenvalue weighted by Crippen LogP contribution is 2.22. The van der Waals surface area contributed by atoms with E-state index in [0.29, 0.717) is 0 Å². The molecule has 0 heterocycles. The van der Waals surface area contributed by atoms with E-state index in [4.69, 9.17) is 11.6 Å². The summed E-state index contributed by atoms with van der Waals surface area (Å²) >= 11 is 9.58. The monoisotopic (exact) mass is 351 g/mol. The Morgan fingerprint density at radius 2 is 1.65 bits per heavy atom. The van der Waals surface area contributed by atoms with Crippen LogP contribution in [0.5, 0.6) is 0 Å². The van der Waals surface area contributed by atoms with Gasteiger partial charge in [-0.1, -0.05) is 58.4 Å². The Morgan fingerprint density at radius 3 is 2.25 bits per heavy atom. The van der Waals surface area contributed by atoms with Gasteiger partial charge >= 0.3 is 0 Å². The van der Waals surface area contributed by atoms with Gasteiger partial charge in [0.2, 0.25) is 5.91 Å². The summed E-state index contributed by atoms with van der Waals surface area (Å²) in [6.45, 7) is 1.94. The molecule has 0 spiro atoms. The summed E-state index contributed by atoms with van der Waals surface area (Å²) in [5.74, 6) is -0.187. The smallest absolute Gasteiger partial charge is 0.243 e. The lowest BCUT2D eigenvalue weighted by atomic mass is 10.1. The van der Waals surface area contributed by atoms with Crippen molar-refractivity contribution in [3.8, 4) is 0 Å². The third kappa shape index (κ3) is 3.84. The normalized spacial score (nSPS) is 13.6. The summed E-state index contributed by atoms with van der Waals surface area (Å²) < 4.78 is 1.01. The SMILES string of the molecule is C[C@H](NC(=O)C(Cl)c1ccccc1)c1ccc(Br)cc1. The van der Waals surface area contributed by atoms with Crippen LogP contribution in [0.25, 0.3) is 0 Å². The van der Waals surface area contributed by atoms with Crippen LogP contribution in [0.4, 0.5) is 0 Å². The zero-order chi connectivity index (χ0) is 14.5. The van der Waals surface area contributed by atoms with Crippen LogP contribution in [0.3, 0.4) is 0 Å². The van der Waals surface area contributed by atoms with E-state index in [-0.39, 0.29) is 11.9 Å². The molecular formula is C16H15BrClNO. The molecule has 20 heavy (non-hydrogen) atoms. The average molecular weight is 353 g/mol. The fourth-order valence-corrected chi connectivity index (χ4v) is 2.37. The van der Waals surface area contributed by atoms with Crippen molar-refractivity contribution in [3.05, 3.63) is 70.2 Å². The van der Waals surface area contributed by atoms with Gasteiger partial charge in [-0.15, -0.1) is 11.6 Å². The molecule has 0 aliphatic carbocycles.